The fourth-order valence-electron chi connectivity index (χ4n) is 3.82. The van der Waals surface area contributed by atoms with E-state index in [1.54, 1.807) is 17.4 Å². The Morgan fingerprint density at radius 1 is 1.32 bits per heavy atom. The molecule has 0 radical (unpaired) electrons. The van der Waals surface area contributed by atoms with Gasteiger partial charge in [-0.3, -0.25) is 9.69 Å². The molecule has 28 heavy (non-hydrogen) atoms. The number of aliphatic hydroxyl groups excluding tert-OH is 1. The third-order valence-corrected chi connectivity index (χ3v) is 6.92. The lowest BCUT2D eigenvalue weighted by molar-refractivity contribution is -0.135. The van der Waals surface area contributed by atoms with Crippen LogP contribution in [0.2, 0.25) is 10.0 Å². The molecule has 152 valence electrons. The summed E-state index contributed by atoms with van der Waals surface area (Å²) in [4.78, 5) is 18.7. The number of carbonyl (C=O) groups is 1. The maximum absolute atomic E-state index is 13.2. The molecule has 0 aliphatic carbocycles. The Morgan fingerprint density at radius 3 is 2.86 bits per heavy atom. The van der Waals surface area contributed by atoms with Gasteiger partial charge in [-0.1, -0.05) is 36.2 Å². The van der Waals surface area contributed by atoms with Crippen molar-refractivity contribution in [3.8, 4) is 0 Å². The molecule has 1 unspecified atom stereocenters. The highest BCUT2D eigenvalue weighted by Gasteiger charge is 2.30. The molecule has 2 aromatic rings. The molecule has 1 aliphatic rings. The molecule has 1 aromatic heterocycles. The number of aliphatic hydroxyl groups is 1. The second kappa shape index (κ2) is 10.1. The van der Waals surface area contributed by atoms with Crippen LogP contribution in [0, 0.1) is 0 Å². The number of fused-ring (bicyclic) bond motifs is 1. The van der Waals surface area contributed by atoms with Gasteiger partial charge in [-0.05, 0) is 54.0 Å². The quantitative estimate of drug-likeness (QED) is 0.642. The van der Waals surface area contributed by atoms with Crippen molar-refractivity contribution in [3.63, 3.8) is 0 Å². The van der Waals surface area contributed by atoms with Crippen molar-refractivity contribution >= 4 is 40.4 Å². The Balaban J connectivity index is 1.71. The van der Waals surface area contributed by atoms with Crippen LogP contribution in [0.15, 0.2) is 29.6 Å². The molecule has 7 heteroatoms. The fourth-order valence-corrected chi connectivity index (χ4v) is 5.07. The van der Waals surface area contributed by atoms with E-state index in [4.69, 9.17) is 23.2 Å². The Hall–Kier alpha value is -1.11. The van der Waals surface area contributed by atoms with Gasteiger partial charge in [0.15, 0.2) is 0 Å². The summed E-state index contributed by atoms with van der Waals surface area (Å²) < 4.78 is 0. The van der Waals surface area contributed by atoms with Gasteiger partial charge in [0.2, 0.25) is 5.91 Å². The molecule has 1 aliphatic heterocycles. The van der Waals surface area contributed by atoms with Gasteiger partial charge in [0, 0.05) is 31.1 Å². The molecular weight excluding hydrogens is 415 g/mol. The SMILES string of the molecule is CCC1c2ccsc2CCN1C(=O)CN(CCCO)Cc1ccc(Cl)c(Cl)c1. The van der Waals surface area contributed by atoms with Crippen molar-refractivity contribution in [2.24, 2.45) is 0 Å². The summed E-state index contributed by atoms with van der Waals surface area (Å²) in [6.07, 6.45) is 2.47. The first kappa shape index (κ1) is 21.6. The third kappa shape index (κ3) is 5.08. The maximum atomic E-state index is 13.2. The average molecular weight is 441 g/mol. The summed E-state index contributed by atoms with van der Waals surface area (Å²) in [6.45, 7) is 4.58. The molecule has 0 bridgehead atoms. The van der Waals surface area contributed by atoms with Crippen LogP contribution in [0.25, 0.3) is 0 Å². The van der Waals surface area contributed by atoms with E-state index >= 15 is 0 Å². The van der Waals surface area contributed by atoms with Gasteiger partial charge in [0.25, 0.3) is 0 Å². The van der Waals surface area contributed by atoms with Gasteiger partial charge in [0.05, 0.1) is 22.6 Å². The first-order valence-electron chi connectivity index (χ1n) is 9.66. The van der Waals surface area contributed by atoms with Crippen molar-refractivity contribution in [2.75, 3.05) is 26.2 Å². The van der Waals surface area contributed by atoms with Crippen molar-refractivity contribution in [1.29, 1.82) is 0 Å². The number of amides is 1. The van der Waals surface area contributed by atoms with Crippen LogP contribution in [0.3, 0.4) is 0 Å². The first-order chi connectivity index (χ1) is 13.5. The minimum absolute atomic E-state index is 0.103. The zero-order valence-corrected chi connectivity index (χ0v) is 18.4. The summed E-state index contributed by atoms with van der Waals surface area (Å²) in [5, 5.41) is 12.4. The molecule has 0 fully saturated rings. The molecular formula is C21H26Cl2N2O2S. The maximum Gasteiger partial charge on any atom is 0.237 e. The smallest absolute Gasteiger partial charge is 0.237 e. The lowest BCUT2D eigenvalue weighted by Crippen LogP contribution is -2.45. The van der Waals surface area contributed by atoms with Crippen LogP contribution in [-0.2, 0) is 17.8 Å². The van der Waals surface area contributed by atoms with Crippen molar-refractivity contribution in [1.82, 2.24) is 9.80 Å². The second-order valence-corrected chi connectivity index (χ2v) is 8.91. The van der Waals surface area contributed by atoms with Gasteiger partial charge in [-0.15, -0.1) is 11.3 Å². The van der Waals surface area contributed by atoms with Crippen LogP contribution < -0.4 is 0 Å². The molecule has 0 saturated heterocycles. The Labute approximate surface area is 180 Å². The number of hydrogen-bond donors (Lipinski definition) is 1. The normalized spacial score (nSPS) is 16.5. The van der Waals surface area contributed by atoms with E-state index in [-0.39, 0.29) is 18.6 Å². The van der Waals surface area contributed by atoms with Crippen molar-refractivity contribution in [3.05, 3.63) is 55.7 Å². The summed E-state index contributed by atoms with van der Waals surface area (Å²) in [5.41, 5.74) is 2.31. The number of rotatable bonds is 8. The molecule has 3 rings (SSSR count). The van der Waals surface area contributed by atoms with Crippen LogP contribution in [0.1, 0.15) is 41.8 Å². The van der Waals surface area contributed by atoms with Crippen molar-refractivity contribution in [2.45, 2.75) is 38.8 Å². The fraction of sp³-hybridized carbons (Fsp3) is 0.476. The number of halogens is 2. The number of benzene rings is 1. The summed E-state index contributed by atoms with van der Waals surface area (Å²) in [5.74, 6) is 0.140. The van der Waals surface area contributed by atoms with Crippen molar-refractivity contribution < 1.29 is 9.90 Å². The predicted molar refractivity (Wildman–Crippen MR) is 116 cm³/mol. The summed E-state index contributed by atoms with van der Waals surface area (Å²) >= 11 is 13.9. The van der Waals surface area contributed by atoms with E-state index in [9.17, 15) is 9.90 Å². The number of hydrogen-bond acceptors (Lipinski definition) is 4. The highest BCUT2D eigenvalue weighted by Crippen LogP contribution is 2.35. The molecule has 0 spiro atoms. The topological polar surface area (TPSA) is 43.8 Å². The molecule has 1 aromatic carbocycles. The van der Waals surface area contributed by atoms with E-state index in [0.29, 0.717) is 36.1 Å². The standard InChI is InChI=1S/C21H26Cl2N2O2S/c1-2-19-16-7-11-28-20(16)6-9-25(19)21(27)14-24(8-3-10-26)13-15-4-5-17(22)18(23)12-15/h4-5,7,11-12,19,26H,2-3,6,8-10,13-14H2,1H3. The van der Waals surface area contributed by atoms with Gasteiger partial charge >= 0.3 is 0 Å². The van der Waals surface area contributed by atoms with Crippen LogP contribution >= 0.6 is 34.5 Å². The molecule has 2 heterocycles. The van der Waals surface area contributed by atoms with E-state index < -0.39 is 0 Å². The minimum Gasteiger partial charge on any atom is -0.396 e. The van der Waals surface area contributed by atoms with Crippen LogP contribution in [0.5, 0.6) is 0 Å². The molecule has 1 amide bonds. The zero-order chi connectivity index (χ0) is 20.1. The second-order valence-electron chi connectivity index (χ2n) is 7.10. The third-order valence-electron chi connectivity index (χ3n) is 5.18. The van der Waals surface area contributed by atoms with Crippen LogP contribution in [0.4, 0.5) is 0 Å². The lowest BCUT2D eigenvalue weighted by Gasteiger charge is -2.37. The number of carbonyl (C=O) groups excluding carboxylic acids is 1. The Kier molecular flexibility index (Phi) is 7.77. The summed E-state index contributed by atoms with van der Waals surface area (Å²) in [7, 11) is 0. The largest absolute Gasteiger partial charge is 0.396 e. The average Bonchev–Trinajstić information content (AvgIpc) is 3.16. The highest BCUT2D eigenvalue weighted by molar-refractivity contribution is 7.10. The van der Waals surface area contributed by atoms with Gasteiger partial charge in [0.1, 0.15) is 0 Å². The molecule has 0 saturated carbocycles. The molecule has 4 nitrogen and oxygen atoms in total. The first-order valence-corrected chi connectivity index (χ1v) is 11.3. The van der Waals surface area contributed by atoms with E-state index in [2.05, 4.69) is 23.3 Å². The minimum atomic E-state index is 0.103. The monoisotopic (exact) mass is 440 g/mol. The zero-order valence-electron chi connectivity index (χ0n) is 16.0. The van der Waals surface area contributed by atoms with Gasteiger partial charge in [-0.25, -0.2) is 0 Å². The van der Waals surface area contributed by atoms with E-state index in [1.807, 2.05) is 17.0 Å². The molecule has 1 atom stereocenters. The van der Waals surface area contributed by atoms with Gasteiger partial charge in [-0.2, -0.15) is 0 Å². The summed E-state index contributed by atoms with van der Waals surface area (Å²) in [6, 6.07) is 7.87. The van der Waals surface area contributed by atoms with E-state index in [0.717, 1.165) is 24.9 Å². The Morgan fingerprint density at radius 2 is 2.14 bits per heavy atom. The van der Waals surface area contributed by atoms with Crippen LogP contribution in [-0.4, -0.2) is 47.1 Å². The van der Waals surface area contributed by atoms with Gasteiger partial charge < -0.3 is 10.0 Å². The number of nitrogens with zero attached hydrogens (tertiary/aromatic N) is 2. The predicted octanol–water partition coefficient (Wildman–Crippen LogP) is 4.78. The molecule has 1 N–H and O–H groups in total. The number of thiophene rings is 1. The lowest BCUT2D eigenvalue weighted by atomic mass is 9.97. The van der Waals surface area contributed by atoms with E-state index in [1.165, 1.54) is 10.4 Å². The Bertz CT molecular complexity index is 811. The highest BCUT2D eigenvalue weighted by atomic mass is 35.5.